The summed E-state index contributed by atoms with van der Waals surface area (Å²) in [4.78, 5) is 0. The molecule has 2 aliphatic carbocycles. The van der Waals surface area contributed by atoms with E-state index >= 15 is 0 Å². The second kappa shape index (κ2) is 10.4. The van der Waals surface area contributed by atoms with Gasteiger partial charge in [-0.1, -0.05) is 0 Å². The van der Waals surface area contributed by atoms with E-state index in [1.807, 2.05) is 0 Å². The minimum absolute atomic E-state index is 0. The van der Waals surface area contributed by atoms with Crippen molar-refractivity contribution in [1.82, 2.24) is 0 Å². The summed E-state index contributed by atoms with van der Waals surface area (Å²) in [6.45, 7) is 0.807. The van der Waals surface area contributed by atoms with E-state index in [4.69, 9.17) is 3.32 Å². The fourth-order valence-electron chi connectivity index (χ4n) is 1.98. The molecule has 0 saturated carbocycles. The molecule has 0 atom stereocenters. The number of allylic oxidation sites excluding steroid dienone is 6. The fourth-order valence-corrected chi connectivity index (χ4v) is 2.24. The molecule has 0 aromatic carbocycles. The average Bonchev–Trinajstić information content (AvgIpc) is 2.87. The van der Waals surface area contributed by atoms with Crippen molar-refractivity contribution in [2.24, 2.45) is 5.92 Å². The Morgan fingerprint density at radius 2 is 1.47 bits per heavy atom. The zero-order valence-electron chi connectivity index (χ0n) is 9.20. The molecule has 0 saturated heterocycles. The van der Waals surface area contributed by atoms with Gasteiger partial charge in [0.05, 0.1) is 0 Å². The van der Waals surface area contributed by atoms with E-state index < -0.39 is 0 Å². The molecule has 2 rings (SSSR count). The summed E-state index contributed by atoms with van der Waals surface area (Å²) in [5, 5.41) is 0. The maximum absolute atomic E-state index is 5.29. The molecule has 0 aromatic rings. The summed E-state index contributed by atoms with van der Waals surface area (Å²) >= 11 is 1.78. The molecule has 0 radical (unpaired) electrons. The molecule has 0 heterocycles. The van der Waals surface area contributed by atoms with Gasteiger partial charge in [0.15, 0.2) is 0 Å². The van der Waals surface area contributed by atoms with Gasteiger partial charge in [-0.2, -0.15) is 0 Å². The molecule has 92 valence electrons. The van der Waals surface area contributed by atoms with E-state index in [1.54, 1.807) is 20.8 Å². The first-order valence-electron chi connectivity index (χ1n) is 4.91. The van der Waals surface area contributed by atoms with E-state index in [1.165, 1.54) is 11.1 Å². The normalized spacial score (nSPS) is 15.9. The van der Waals surface area contributed by atoms with E-state index in [9.17, 15) is 0 Å². The second-order valence-corrected chi connectivity index (χ2v) is 4.06. The molecule has 0 N–H and O–H groups in total. The quantitative estimate of drug-likeness (QED) is 0.467. The van der Waals surface area contributed by atoms with Crippen LogP contribution in [0.2, 0.25) is 0 Å². The zero-order chi connectivity index (χ0) is 9.80. The minimum atomic E-state index is 0. The van der Waals surface area contributed by atoms with Crippen LogP contribution in [0.1, 0.15) is 12.8 Å². The van der Waals surface area contributed by atoms with Crippen LogP contribution in [-0.2, 0) is 24.1 Å². The van der Waals surface area contributed by atoms with Gasteiger partial charge in [-0.05, 0) is 0 Å². The van der Waals surface area contributed by atoms with Crippen molar-refractivity contribution in [2.45, 2.75) is 12.8 Å². The average molecular weight is 327 g/mol. The molecule has 0 aliphatic heterocycles. The third-order valence-corrected chi connectivity index (χ3v) is 3.01. The number of hydrogen-bond donors (Lipinski definition) is 0. The number of hydrogen-bond acceptors (Lipinski definition) is 1. The molecule has 0 spiro atoms. The third-order valence-electron chi connectivity index (χ3n) is 2.75. The van der Waals surface area contributed by atoms with E-state index in [2.05, 4.69) is 36.5 Å². The van der Waals surface area contributed by atoms with Crippen LogP contribution in [-0.4, -0.2) is 6.61 Å². The Bertz CT molecular complexity index is 305. The van der Waals surface area contributed by atoms with Crippen LogP contribution in [0.3, 0.4) is 0 Å². The Hall–Kier alpha value is 0.504. The molecule has 5 heteroatoms. The van der Waals surface area contributed by atoms with E-state index in [-0.39, 0.29) is 37.2 Å². The summed E-state index contributed by atoms with van der Waals surface area (Å²) in [7, 11) is 0. The van der Waals surface area contributed by atoms with Gasteiger partial charge in [0.2, 0.25) is 0 Å². The standard InChI is InChI=1S/C12H13O.3ClH.Ti/c13-9-12(10-5-1-2-6-10)11-7-3-4-8-11;;;;/h1-5,7,12H,6,8-9H2;3*1H;/q-1;;;;+4/p-3. The molecule has 17 heavy (non-hydrogen) atoms. The van der Waals surface area contributed by atoms with Crippen LogP contribution in [0.15, 0.2) is 47.6 Å². The van der Waals surface area contributed by atoms with Gasteiger partial charge in [0.1, 0.15) is 0 Å². The Balaban J connectivity index is 0. The van der Waals surface area contributed by atoms with Crippen LogP contribution in [0.25, 0.3) is 0 Å². The first kappa shape index (κ1) is 19.8. The SMILES string of the molecule is [Cl-].[Cl-].[Cl-].[Ti+3][O]CC(C1=CC=CC1)C1=CC=CC1. The zero-order valence-corrected chi connectivity index (χ0v) is 13.0. The number of halogens is 3. The van der Waals surface area contributed by atoms with Crippen molar-refractivity contribution in [3.05, 3.63) is 47.6 Å². The third kappa shape index (κ3) is 5.34. The van der Waals surface area contributed by atoms with Crippen molar-refractivity contribution < 1.29 is 61.4 Å². The second-order valence-electron chi connectivity index (χ2n) is 3.61. The predicted octanol–water partition coefficient (Wildman–Crippen LogP) is -6.13. The van der Waals surface area contributed by atoms with Crippen LogP contribution < -0.4 is 37.2 Å². The Kier molecular flexibility index (Phi) is 12.2. The summed E-state index contributed by atoms with van der Waals surface area (Å²) in [5.74, 6) is 0.491. The molecule has 1 nitrogen and oxygen atoms in total. The van der Waals surface area contributed by atoms with Gasteiger partial charge >= 0.3 is 97.1 Å². The predicted molar refractivity (Wildman–Crippen MR) is 53.1 cm³/mol. The van der Waals surface area contributed by atoms with Crippen molar-refractivity contribution in [2.75, 3.05) is 6.61 Å². The van der Waals surface area contributed by atoms with Crippen molar-refractivity contribution in [3.63, 3.8) is 0 Å². The summed E-state index contributed by atoms with van der Waals surface area (Å²) < 4.78 is 5.29. The van der Waals surface area contributed by atoms with Gasteiger partial charge in [-0.25, -0.2) is 0 Å². The Labute approximate surface area is 134 Å². The summed E-state index contributed by atoms with van der Waals surface area (Å²) in [5.41, 5.74) is 2.98. The van der Waals surface area contributed by atoms with Gasteiger partial charge in [0.25, 0.3) is 0 Å². The topological polar surface area (TPSA) is 9.23 Å². The van der Waals surface area contributed by atoms with Gasteiger partial charge in [-0.15, -0.1) is 0 Å². The maximum atomic E-state index is 5.29. The van der Waals surface area contributed by atoms with Crippen LogP contribution in [0, 0.1) is 5.92 Å². The number of rotatable bonds is 4. The van der Waals surface area contributed by atoms with Crippen molar-refractivity contribution in [3.8, 4) is 0 Å². The van der Waals surface area contributed by atoms with Crippen LogP contribution >= 0.6 is 0 Å². The first-order chi connectivity index (χ1) is 6.92. The molecule has 0 fully saturated rings. The van der Waals surface area contributed by atoms with Gasteiger partial charge in [0, 0.05) is 0 Å². The van der Waals surface area contributed by atoms with E-state index in [0.29, 0.717) is 5.92 Å². The first-order valence-corrected chi connectivity index (χ1v) is 5.55. The monoisotopic (exact) mass is 326 g/mol. The fraction of sp³-hybridized carbons (Fsp3) is 0.333. The Morgan fingerprint density at radius 1 is 1.00 bits per heavy atom. The molecule has 0 bridgehead atoms. The van der Waals surface area contributed by atoms with E-state index in [0.717, 1.165) is 19.4 Å². The Morgan fingerprint density at radius 3 is 1.76 bits per heavy atom. The molecule has 2 aliphatic rings. The summed E-state index contributed by atoms with van der Waals surface area (Å²) in [6, 6.07) is 0. The molecule has 0 unspecified atom stereocenters. The molecule has 0 amide bonds. The van der Waals surface area contributed by atoms with Gasteiger partial charge in [-0.3, -0.25) is 0 Å². The van der Waals surface area contributed by atoms with Gasteiger partial charge < -0.3 is 37.2 Å². The van der Waals surface area contributed by atoms with Crippen LogP contribution in [0.4, 0.5) is 0 Å². The van der Waals surface area contributed by atoms with Crippen molar-refractivity contribution in [1.29, 1.82) is 0 Å². The molecular formula is C12H13Cl3OTi. The molecular weight excluding hydrogens is 314 g/mol. The molecule has 0 aromatic heterocycles. The summed E-state index contributed by atoms with van der Waals surface area (Å²) in [6.07, 6.45) is 15.3. The van der Waals surface area contributed by atoms with Crippen molar-refractivity contribution >= 4 is 0 Å². The van der Waals surface area contributed by atoms with Crippen LogP contribution in [0.5, 0.6) is 0 Å².